The molecule has 2 fully saturated rings. The SMILES string of the molecule is O=C1C[C@@H](c2ccc(OCc3ccccc3)cc2)[C@@]2(OC[C@@H](O)[C@H](O)[C@H]2O)O1. The Hall–Kier alpha value is -2.45. The van der Waals surface area contributed by atoms with Crippen LogP contribution in [0, 0.1) is 0 Å². The molecule has 7 heteroatoms. The molecule has 28 heavy (non-hydrogen) atoms. The predicted octanol–water partition coefficient (Wildman–Crippen LogP) is 1.11. The number of carbonyl (C=O) groups is 1. The van der Waals surface area contributed by atoms with Crippen molar-refractivity contribution in [3.63, 3.8) is 0 Å². The van der Waals surface area contributed by atoms with Crippen molar-refractivity contribution >= 4 is 5.97 Å². The predicted molar refractivity (Wildman–Crippen MR) is 97.4 cm³/mol. The molecule has 5 atom stereocenters. The van der Waals surface area contributed by atoms with Gasteiger partial charge in [0.2, 0.25) is 5.79 Å². The largest absolute Gasteiger partial charge is 0.489 e. The second kappa shape index (κ2) is 7.52. The van der Waals surface area contributed by atoms with E-state index in [1.54, 1.807) is 24.3 Å². The molecule has 0 unspecified atom stereocenters. The Morgan fingerprint density at radius 3 is 2.46 bits per heavy atom. The van der Waals surface area contributed by atoms with Crippen molar-refractivity contribution in [1.29, 1.82) is 0 Å². The number of ether oxygens (including phenoxy) is 3. The number of aliphatic hydroxyl groups is 3. The van der Waals surface area contributed by atoms with Crippen molar-refractivity contribution in [1.82, 2.24) is 0 Å². The van der Waals surface area contributed by atoms with Crippen molar-refractivity contribution in [3.8, 4) is 5.75 Å². The number of rotatable bonds is 4. The Bertz CT molecular complexity index is 822. The number of hydrogen-bond donors (Lipinski definition) is 3. The summed E-state index contributed by atoms with van der Waals surface area (Å²) < 4.78 is 16.6. The molecule has 7 nitrogen and oxygen atoms in total. The number of aliphatic hydroxyl groups excluding tert-OH is 3. The van der Waals surface area contributed by atoms with Gasteiger partial charge in [-0.3, -0.25) is 4.79 Å². The number of carbonyl (C=O) groups excluding carboxylic acids is 1. The van der Waals surface area contributed by atoms with E-state index in [4.69, 9.17) is 14.2 Å². The van der Waals surface area contributed by atoms with E-state index in [0.717, 1.165) is 5.56 Å². The highest BCUT2D eigenvalue weighted by molar-refractivity contribution is 5.74. The maximum atomic E-state index is 12.0. The minimum absolute atomic E-state index is 0.00406. The first-order chi connectivity index (χ1) is 13.5. The third-order valence-electron chi connectivity index (χ3n) is 5.27. The highest BCUT2D eigenvalue weighted by Crippen LogP contribution is 2.47. The van der Waals surface area contributed by atoms with E-state index < -0.39 is 36.0 Å². The lowest BCUT2D eigenvalue weighted by Gasteiger charge is -2.44. The molecule has 4 rings (SSSR count). The summed E-state index contributed by atoms with van der Waals surface area (Å²) in [6.45, 7) is 0.196. The molecule has 3 N–H and O–H groups in total. The summed E-state index contributed by atoms with van der Waals surface area (Å²) >= 11 is 0. The number of benzene rings is 2. The summed E-state index contributed by atoms with van der Waals surface area (Å²) in [4.78, 5) is 12.0. The highest BCUT2D eigenvalue weighted by atomic mass is 16.7. The van der Waals surface area contributed by atoms with Crippen molar-refractivity contribution < 1.29 is 34.3 Å². The Morgan fingerprint density at radius 1 is 1.04 bits per heavy atom. The molecule has 0 aliphatic carbocycles. The van der Waals surface area contributed by atoms with Crippen LogP contribution in [0.5, 0.6) is 5.75 Å². The first-order valence-electron chi connectivity index (χ1n) is 9.16. The van der Waals surface area contributed by atoms with E-state index in [2.05, 4.69) is 0 Å². The lowest BCUT2D eigenvalue weighted by atomic mass is 9.82. The van der Waals surface area contributed by atoms with Gasteiger partial charge < -0.3 is 29.5 Å². The van der Waals surface area contributed by atoms with E-state index in [0.29, 0.717) is 17.9 Å². The zero-order valence-corrected chi connectivity index (χ0v) is 15.1. The molecule has 2 heterocycles. The van der Waals surface area contributed by atoms with Gasteiger partial charge in [0.25, 0.3) is 0 Å². The van der Waals surface area contributed by atoms with Gasteiger partial charge in [-0.05, 0) is 23.3 Å². The molecule has 0 aromatic heterocycles. The van der Waals surface area contributed by atoms with Crippen LogP contribution in [0.15, 0.2) is 54.6 Å². The fourth-order valence-corrected chi connectivity index (χ4v) is 3.73. The van der Waals surface area contributed by atoms with E-state index in [1.807, 2.05) is 30.3 Å². The van der Waals surface area contributed by atoms with Crippen LogP contribution in [0.2, 0.25) is 0 Å². The number of hydrogen-bond acceptors (Lipinski definition) is 7. The van der Waals surface area contributed by atoms with E-state index in [9.17, 15) is 20.1 Å². The third kappa shape index (κ3) is 3.38. The maximum absolute atomic E-state index is 12.0. The van der Waals surface area contributed by atoms with E-state index in [1.165, 1.54) is 0 Å². The molecule has 0 bridgehead atoms. The summed E-state index contributed by atoms with van der Waals surface area (Å²) in [5, 5.41) is 30.2. The highest BCUT2D eigenvalue weighted by Gasteiger charge is 2.61. The average molecular weight is 386 g/mol. The fourth-order valence-electron chi connectivity index (χ4n) is 3.73. The second-order valence-corrected chi connectivity index (χ2v) is 7.11. The van der Waals surface area contributed by atoms with Crippen LogP contribution in [0.3, 0.4) is 0 Å². The monoisotopic (exact) mass is 386 g/mol. The van der Waals surface area contributed by atoms with E-state index >= 15 is 0 Å². The average Bonchev–Trinajstić information content (AvgIpc) is 3.06. The van der Waals surface area contributed by atoms with Crippen LogP contribution in [0.1, 0.15) is 23.5 Å². The van der Waals surface area contributed by atoms with Gasteiger partial charge in [-0.2, -0.15) is 0 Å². The van der Waals surface area contributed by atoms with Gasteiger partial charge in [-0.1, -0.05) is 42.5 Å². The topological polar surface area (TPSA) is 105 Å². The van der Waals surface area contributed by atoms with Gasteiger partial charge in [0.1, 0.15) is 30.7 Å². The Morgan fingerprint density at radius 2 is 1.75 bits per heavy atom. The van der Waals surface area contributed by atoms with Crippen LogP contribution >= 0.6 is 0 Å². The van der Waals surface area contributed by atoms with Crippen molar-refractivity contribution in [3.05, 3.63) is 65.7 Å². The first kappa shape index (κ1) is 18.9. The van der Waals surface area contributed by atoms with Crippen LogP contribution in [0.4, 0.5) is 0 Å². The van der Waals surface area contributed by atoms with Crippen LogP contribution < -0.4 is 4.74 Å². The van der Waals surface area contributed by atoms with Crippen molar-refractivity contribution in [2.45, 2.75) is 43.0 Å². The molecule has 148 valence electrons. The van der Waals surface area contributed by atoms with Gasteiger partial charge in [0.05, 0.1) is 18.9 Å². The Labute approximate surface area is 162 Å². The molecule has 2 aliphatic heterocycles. The summed E-state index contributed by atoms with van der Waals surface area (Å²) in [7, 11) is 0. The summed E-state index contributed by atoms with van der Waals surface area (Å²) in [6.07, 6.45) is -4.25. The van der Waals surface area contributed by atoms with Crippen molar-refractivity contribution in [2.75, 3.05) is 6.61 Å². The molecular weight excluding hydrogens is 364 g/mol. The van der Waals surface area contributed by atoms with Crippen LogP contribution in [-0.4, -0.2) is 52.0 Å². The van der Waals surface area contributed by atoms with Gasteiger partial charge >= 0.3 is 5.97 Å². The first-order valence-corrected chi connectivity index (χ1v) is 9.16. The van der Waals surface area contributed by atoms with Crippen LogP contribution in [0.25, 0.3) is 0 Å². The van der Waals surface area contributed by atoms with Gasteiger partial charge in [-0.15, -0.1) is 0 Å². The molecule has 0 amide bonds. The second-order valence-electron chi connectivity index (χ2n) is 7.11. The van der Waals surface area contributed by atoms with Crippen molar-refractivity contribution in [2.24, 2.45) is 0 Å². The molecule has 1 spiro atoms. The van der Waals surface area contributed by atoms with Gasteiger partial charge in [0, 0.05) is 0 Å². The smallest absolute Gasteiger partial charge is 0.309 e. The maximum Gasteiger partial charge on any atom is 0.309 e. The molecular formula is C21H22O7. The molecule has 2 aromatic carbocycles. The van der Waals surface area contributed by atoms with Gasteiger partial charge in [0.15, 0.2) is 0 Å². The third-order valence-corrected chi connectivity index (χ3v) is 5.27. The molecule has 2 aliphatic rings. The Balaban J connectivity index is 1.52. The standard InChI is InChI=1S/C21H22O7/c22-17-12-27-21(20(25)19(17)24)16(10-18(23)28-21)14-6-8-15(9-7-14)26-11-13-4-2-1-3-5-13/h1-9,16-17,19-20,22,24-25H,10-12H2/t16-,17+,19-,20+,21+/m0/s1. The lowest BCUT2D eigenvalue weighted by molar-refractivity contribution is -0.320. The molecule has 2 aromatic rings. The zero-order chi connectivity index (χ0) is 19.7. The Kier molecular flexibility index (Phi) is 5.07. The minimum atomic E-state index is -1.71. The molecule has 0 saturated carbocycles. The molecule has 2 saturated heterocycles. The fraction of sp³-hybridized carbons (Fsp3) is 0.381. The summed E-state index contributed by atoms with van der Waals surface area (Å²) in [5.41, 5.74) is 1.76. The zero-order valence-electron chi connectivity index (χ0n) is 15.1. The number of esters is 1. The lowest BCUT2D eigenvalue weighted by Crippen LogP contribution is -2.62. The van der Waals surface area contributed by atoms with Gasteiger partial charge in [-0.25, -0.2) is 0 Å². The van der Waals surface area contributed by atoms with Crippen LogP contribution in [-0.2, 0) is 20.9 Å². The normalized spacial score (nSPS) is 32.3. The summed E-state index contributed by atoms with van der Waals surface area (Å²) in [6, 6.07) is 16.9. The minimum Gasteiger partial charge on any atom is -0.489 e. The molecule has 0 radical (unpaired) electrons. The van der Waals surface area contributed by atoms with E-state index in [-0.39, 0.29) is 13.0 Å². The summed E-state index contributed by atoms with van der Waals surface area (Å²) in [5.74, 6) is -2.19. The quantitative estimate of drug-likeness (QED) is 0.676.